The third-order valence-electron chi connectivity index (χ3n) is 2.75. The number of benzene rings is 1. The highest BCUT2D eigenvalue weighted by molar-refractivity contribution is 7.73. The number of rotatable bonds is 5. The number of hydrogen-bond acceptors (Lipinski definition) is 4. The zero-order valence-corrected chi connectivity index (χ0v) is 13.3. The van der Waals surface area contributed by atoms with Crippen LogP contribution in [-0.4, -0.2) is 15.9 Å². The normalized spacial score (nSPS) is 12.0. The van der Waals surface area contributed by atoms with Gasteiger partial charge in [0, 0.05) is 12.8 Å². The van der Waals surface area contributed by atoms with Crippen molar-refractivity contribution in [3.63, 3.8) is 0 Å². The number of hydrogen-bond donors (Lipinski definition) is 1. The van der Waals surface area contributed by atoms with Gasteiger partial charge in [0.05, 0.1) is 10.6 Å². The van der Waals surface area contributed by atoms with Crippen molar-refractivity contribution in [2.24, 2.45) is 4.99 Å². The molecular weight excluding hydrogens is 300 g/mol. The molecule has 3 nitrogen and oxygen atoms in total. The molecular formula is C16H16N2OS2. The summed E-state index contributed by atoms with van der Waals surface area (Å²) in [4.78, 5) is 5.06. The lowest BCUT2D eigenvalue weighted by Crippen LogP contribution is -1.91. The van der Waals surface area contributed by atoms with Crippen LogP contribution < -0.4 is 0 Å². The van der Waals surface area contributed by atoms with Crippen LogP contribution in [0.2, 0.25) is 0 Å². The molecule has 1 aromatic heterocycles. The molecule has 0 aliphatic rings. The van der Waals surface area contributed by atoms with Gasteiger partial charge in [-0.05, 0) is 43.4 Å². The molecule has 5 heteroatoms. The van der Waals surface area contributed by atoms with E-state index in [1.807, 2.05) is 61.6 Å². The Labute approximate surface area is 133 Å². The molecule has 0 bridgehead atoms. The first-order chi connectivity index (χ1) is 10.2. The fourth-order valence-corrected chi connectivity index (χ4v) is 3.05. The molecule has 0 fully saturated rings. The molecule has 1 aromatic carbocycles. The monoisotopic (exact) mass is 316 g/mol. The summed E-state index contributed by atoms with van der Waals surface area (Å²) in [6.45, 7) is 2.63. The van der Waals surface area contributed by atoms with E-state index in [4.69, 9.17) is 12.2 Å². The van der Waals surface area contributed by atoms with E-state index in [-0.39, 0.29) is 5.88 Å². The molecule has 0 unspecified atom stereocenters. The van der Waals surface area contributed by atoms with Gasteiger partial charge in [0.15, 0.2) is 3.95 Å². The van der Waals surface area contributed by atoms with Gasteiger partial charge in [-0.2, -0.15) is 0 Å². The Bertz CT molecular complexity index is 724. The molecule has 0 spiro atoms. The third kappa shape index (κ3) is 4.24. The Kier molecular flexibility index (Phi) is 5.66. The van der Waals surface area contributed by atoms with Gasteiger partial charge in [-0.3, -0.25) is 9.56 Å². The number of para-hydroxylation sites is 1. The van der Waals surface area contributed by atoms with E-state index in [2.05, 4.69) is 4.99 Å². The second-order valence-electron chi connectivity index (χ2n) is 4.16. The quantitative estimate of drug-likeness (QED) is 0.480. The van der Waals surface area contributed by atoms with Crippen LogP contribution in [-0.2, 0) is 6.54 Å². The molecule has 2 aromatic rings. The zero-order chi connectivity index (χ0) is 15.1. The van der Waals surface area contributed by atoms with Gasteiger partial charge in [-0.25, -0.2) is 0 Å². The number of allylic oxidation sites excluding steroid dienone is 3. The molecule has 0 atom stereocenters. The van der Waals surface area contributed by atoms with Gasteiger partial charge in [0.1, 0.15) is 0 Å². The van der Waals surface area contributed by atoms with Gasteiger partial charge < -0.3 is 5.11 Å². The highest BCUT2D eigenvalue weighted by Crippen LogP contribution is 2.27. The number of nitrogens with zero attached hydrogens (tertiary/aromatic N) is 2. The van der Waals surface area contributed by atoms with Crippen LogP contribution in [0.5, 0.6) is 5.88 Å². The van der Waals surface area contributed by atoms with Crippen LogP contribution in [0.25, 0.3) is 6.08 Å². The molecule has 2 rings (SSSR count). The maximum absolute atomic E-state index is 9.97. The molecule has 0 saturated heterocycles. The molecule has 0 aliphatic heterocycles. The van der Waals surface area contributed by atoms with E-state index in [1.165, 1.54) is 11.3 Å². The Morgan fingerprint density at radius 3 is 2.67 bits per heavy atom. The van der Waals surface area contributed by atoms with E-state index in [0.29, 0.717) is 10.5 Å². The van der Waals surface area contributed by atoms with Crippen LogP contribution in [0.1, 0.15) is 11.8 Å². The van der Waals surface area contributed by atoms with Crippen molar-refractivity contribution in [2.45, 2.75) is 13.5 Å². The van der Waals surface area contributed by atoms with Gasteiger partial charge in [-0.15, -0.1) is 11.3 Å². The lowest BCUT2D eigenvalue weighted by molar-refractivity contribution is 0.419. The summed E-state index contributed by atoms with van der Waals surface area (Å²) in [5.41, 5.74) is 0.918. The second-order valence-corrected chi connectivity index (χ2v) is 5.83. The van der Waals surface area contributed by atoms with Gasteiger partial charge in [0.25, 0.3) is 0 Å². The third-order valence-corrected chi connectivity index (χ3v) is 4.15. The van der Waals surface area contributed by atoms with Crippen molar-refractivity contribution < 1.29 is 5.11 Å². The molecule has 0 aliphatic carbocycles. The topological polar surface area (TPSA) is 37.5 Å². The summed E-state index contributed by atoms with van der Waals surface area (Å²) in [7, 11) is 0. The standard InChI is InChI=1S/C16H16N2OS2/c1-2-18-15(19)14(21-16(18)20)11-7-4-8-12-17-13-9-5-3-6-10-13/h3-12,19H,2H2,1H3. The van der Waals surface area contributed by atoms with E-state index in [0.717, 1.165) is 10.6 Å². The van der Waals surface area contributed by atoms with Crippen molar-refractivity contribution in [3.05, 3.63) is 57.4 Å². The van der Waals surface area contributed by atoms with Gasteiger partial charge in [-0.1, -0.05) is 30.4 Å². The minimum Gasteiger partial charge on any atom is -0.493 e. The van der Waals surface area contributed by atoms with Crippen LogP contribution >= 0.6 is 23.6 Å². The molecule has 1 heterocycles. The average molecular weight is 316 g/mol. The highest BCUT2D eigenvalue weighted by atomic mass is 32.1. The van der Waals surface area contributed by atoms with Crippen LogP contribution in [0.15, 0.2) is 53.6 Å². The first-order valence-corrected chi connectivity index (χ1v) is 7.80. The highest BCUT2D eigenvalue weighted by Gasteiger charge is 2.06. The SMILES string of the molecule is CCn1c(O)c(C=CC=CC=Nc2ccccc2)sc1=S. The van der Waals surface area contributed by atoms with Gasteiger partial charge >= 0.3 is 0 Å². The fourth-order valence-electron chi connectivity index (χ4n) is 1.70. The summed E-state index contributed by atoms with van der Waals surface area (Å²) >= 11 is 6.58. The van der Waals surface area contributed by atoms with E-state index in [9.17, 15) is 5.11 Å². The largest absolute Gasteiger partial charge is 0.493 e. The smallest absolute Gasteiger partial charge is 0.210 e. The minimum atomic E-state index is 0.232. The number of aromatic nitrogens is 1. The maximum atomic E-state index is 9.97. The first kappa shape index (κ1) is 15.4. The summed E-state index contributed by atoms with van der Waals surface area (Å²) in [6, 6.07) is 9.74. The number of aliphatic imine (C=N–C) groups is 1. The fraction of sp³-hybridized carbons (Fsp3) is 0.125. The Morgan fingerprint density at radius 1 is 1.24 bits per heavy atom. The maximum Gasteiger partial charge on any atom is 0.210 e. The molecule has 21 heavy (non-hydrogen) atoms. The molecule has 0 radical (unpaired) electrons. The predicted octanol–water partition coefficient (Wildman–Crippen LogP) is 4.98. The van der Waals surface area contributed by atoms with Crippen LogP contribution in [0.4, 0.5) is 5.69 Å². The lowest BCUT2D eigenvalue weighted by Gasteiger charge is -1.97. The van der Waals surface area contributed by atoms with Crippen molar-refractivity contribution in [2.75, 3.05) is 0 Å². The Morgan fingerprint density at radius 2 is 2.00 bits per heavy atom. The first-order valence-electron chi connectivity index (χ1n) is 6.57. The van der Waals surface area contributed by atoms with Crippen molar-refractivity contribution in [1.82, 2.24) is 4.57 Å². The number of thiazole rings is 1. The molecule has 108 valence electrons. The Hall–Kier alpha value is -1.98. The van der Waals surface area contributed by atoms with E-state index >= 15 is 0 Å². The molecule has 1 N–H and O–H groups in total. The average Bonchev–Trinajstić information content (AvgIpc) is 2.77. The molecule has 0 saturated carbocycles. The predicted molar refractivity (Wildman–Crippen MR) is 93.2 cm³/mol. The van der Waals surface area contributed by atoms with Crippen molar-refractivity contribution >= 4 is 41.5 Å². The summed E-state index contributed by atoms with van der Waals surface area (Å²) < 4.78 is 2.39. The van der Waals surface area contributed by atoms with E-state index in [1.54, 1.807) is 10.8 Å². The summed E-state index contributed by atoms with van der Waals surface area (Å²) in [6.07, 6.45) is 9.15. The summed E-state index contributed by atoms with van der Waals surface area (Å²) in [5, 5.41) is 9.97. The minimum absolute atomic E-state index is 0.232. The van der Waals surface area contributed by atoms with Crippen LogP contribution in [0, 0.1) is 3.95 Å². The second kappa shape index (κ2) is 7.71. The van der Waals surface area contributed by atoms with Gasteiger partial charge in [0.2, 0.25) is 5.88 Å². The lowest BCUT2D eigenvalue weighted by atomic mass is 10.3. The van der Waals surface area contributed by atoms with Crippen molar-refractivity contribution in [3.8, 4) is 5.88 Å². The van der Waals surface area contributed by atoms with E-state index < -0.39 is 0 Å². The summed E-state index contributed by atoms with van der Waals surface area (Å²) in [5.74, 6) is 0.232. The zero-order valence-electron chi connectivity index (χ0n) is 11.6. The van der Waals surface area contributed by atoms with Crippen molar-refractivity contribution in [1.29, 1.82) is 0 Å². The Balaban J connectivity index is 1.98. The number of aromatic hydroxyl groups is 1. The van der Waals surface area contributed by atoms with Crippen LogP contribution in [0.3, 0.4) is 0 Å². The molecule has 0 amide bonds.